The molecule has 1 N–H and O–H groups in total. The van der Waals surface area contributed by atoms with E-state index in [-0.39, 0.29) is 11.8 Å². The average molecular weight is 332 g/mol. The zero-order valence-electron chi connectivity index (χ0n) is 12.7. The second-order valence-electron chi connectivity index (χ2n) is 5.60. The molecule has 0 saturated carbocycles. The molecule has 2 aliphatic rings. The van der Waals surface area contributed by atoms with Gasteiger partial charge < -0.3 is 4.90 Å². The van der Waals surface area contributed by atoms with Crippen LogP contribution in [-0.2, 0) is 9.59 Å². The van der Waals surface area contributed by atoms with Crippen LogP contribution >= 0.6 is 21.6 Å². The lowest BCUT2D eigenvalue weighted by atomic mass is 10.1. The topological polar surface area (TPSA) is 52.7 Å². The van der Waals surface area contributed by atoms with Crippen molar-refractivity contribution in [1.82, 2.24) is 15.3 Å². The first-order chi connectivity index (χ1) is 10.1. The van der Waals surface area contributed by atoms with Gasteiger partial charge in [0.25, 0.3) is 0 Å². The fourth-order valence-corrected chi connectivity index (χ4v) is 5.62. The number of hydrogen-bond donors (Lipinski definition) is 1. The number of carbonyl (C=O) groups is 2. The summed E-state index contributed by atoms with van der Waals surface area (Å²) in [7, 11) is 3.98. The molecule has 0 bridgehead atoms. The van der Waals surface area contributed by atoms with Crippen LogP contribution in [0.2, 0.25) is 0 Å². The van der Waals surface area contributed by atoms with Gasteiger partial charge in [0.1, 0.15) is 0 Å². The molecule has 0 radical (unpaired) electrons. The molecule has 21 heavy (non-hydrogen) atoms. The van der Waals surface area contributed by atoms with Gasteiger partial charge in [0.15, 0.2) is 0 Å². The van der Waals surface area contributed by atoms with Gasteiger partial charge in [-0.2, -0.15) is 0 Å². The van der Waals surface area contributed by atoms with E-state index in [4.69, 9.17) is 0 Å². The molecule has 2 amide bonds. The number of rotatable bonds is 6. The van der Waals surface area contributed by atoms with Crippen LogP contribution in [0.25, 0.3) is 0 Å². The Hall–Kier alpha value is -0.400. The predicted molar refractivity (Wildman–Crippen MR) is 88.9 cm³/mol. The summed E-state index contributed by atoms with van der Waals surface area (Å²) in [6.07, 6.45) is 5.28. The molecule has 0 aromatic carbocycles. The smallest absolute Gasteiger partial charge is 0.234 e. The maximum atomic E-state index is 11.9. The number of nitrogens with zero attached hydrogens (tertiary/aromatic N) is 2. The molecular formula is C14H25N3O2S2. The summed E-state index contributed by atoms with van der Waals surface area (Å²) < 4.78 is 0. The van der Waals surface area contributed by atoms with Crippen molar-refractivity contribution in [1.29, 1.82) is 0 Å². The number of amides is 2. The van der Waals surface area contributed by atoms with Crippen LogP contribution in [-0.4, -0.2) is 58.9 Å². The maximum absolute atomic E-state index is 11.9. The van der Waals surface area contributed by atoms with Crippen molar-refractivity contribution in [3.05, 3.63) is 0 Å². The normalized spacial score (nSPS) is 23.3. The van der Waals surface area contributed by atoms with Gasteiger partial charge in [0.2, 0.25) is 11.8 Å². The van der Waals surface area contributed by atoms with Crippen molar-refractivity contribution in [3.63, 3.8) is 0 Å². The molecule has 5 nitrogen and oxygen atoms in total. The van der Waals surface area contributed by atoms with Crippen molar-refractivity contribution < 1.29 is 9.59 Å². The summed E-state index contributed by atoms with van der Waals surface area (Å²) in [5.41, 5.74) is 2.95. The number of unbranched alkanes of at least 4 members (excludes halogenated alkanes) is 1. The first-order valence-electron chi connectivity index (χ1n) is 7.73. The Balaban J connectivity index is 1.52. The Bertz CT molecular complexity index is 354. The van der Waals surface area contributed by atoms with E-state index in [1.807, 2.05) is 31.5 Å². The molecule has 0 aromatic rings. The van der Waals surface area contributed by atoms with Gasteiger partial charge in [-0.1, -0.05) is 28.0 Å². The van der Waals surface area contributed by atoms with E-state index in [2.05, 4.69) is 5.43 Å². The van der Waals surface area contributed by atoms with Gasteiger partial charge in [0, 0.05) is 50.5 Å². The summed E-state index contributed by atoms with van der Waals surface area (Å²) in [6.45, 7) is 4.44. The van der Waals surface area contributed by atoms with Crippen molar-refractivity contribution in [2.24, 2.45) is 0 Å². The molecule has 2 rings (SSSR count). The minimum Gasteiger partial charge on any atom is -0.340 e. The summed E-state index contributed by atoms with van der Waals surface area (Å²) in [5, 5.41) is 2.74. The van der Waals surface area contributed by atoms with Gasteiger partial charge in [0.05, 0.1) is 0 Å². The summed E-state index contributed by atoms with van der Waals surface area (Å²) >= 11 is 0. The van der Waals surface area contributed by atoms with Crippen LogP contribution in [0.15, 0.2) is 0 Å². The first kappa shape index (κ1) is 17.0. The van der Waals surface area contributed by atoms with Crippen molar-refractivity contribution in [2.45, 2.75) is 44.3 Å². The average Bonchev–Trinajstić information content (AvgIpc) is 2.97. The minimum atomic E-state index is 0.111. The third kappa shape index (κ3) is 6.08. The Morgan fingerprint density at radius 2 is 1.95 bits per heavy atom. The third-order valence-corrected chi connectivity index (χ3v) is 6.92. The largest absolute Gasteiger partial charge is 0.340 e. The lowest BCUT2D eigenvalue weighted by molar-refractivity contribution is -0.132. The van der Waals surface area contributed by atoms with E-state index in [9.17, 15) is 9.59 Å². The number of hydrogen-bond acceptors (Lipinski definition) is 5. The zero-order chi connectivity index (χ0) is 15.1. The van der Waals surface area contributed by atoms with Gasteiger partial charge in [-0.05, 0) is 19.3 Å². The van der Waals surface area contributed by atoms with Crippen LogP contribution in [0.1, 0.15) is 39.0 Å². The Morgan fingerprint density at radius 1 is 1.19 bits per heavy atom. The molecule has 0 aromatic heterocycles. The number of piperazine rings is 1. The quantitative estimate of drug-likeness (QED) is 0.595. The zero-order valence-corrected chi connectivity index (χ0v) is 14.3. The highest BCUT2D eigenvalue weighted by atomic mass is 33.1. The molecule has 0 aliphatic carbocycles. The van der Waals surface area contributed by atoms with Gasteiger partial charge >= 0.3 is 0 Å². The lowest BCUT2D eigenvalue weighted by Gasteiger charge is -2.34. The molecule has 2 fully saturated rings. The summed E-state index contributed by atoms with van der Waals surface area (Å²) in [5.74, 6) is 1.51. The van der Waals surface area contributed by atoms with Crippen LogP contribution in [0.5, 0.6) is 0 Å². The highest BCUT2D eigenvalue weighted by Crippen LogP contribution is 2.39. The molecule has 2 aliphatic heterocycles. The van der Waals surface area contributed by atoms with Gasteiger partial charge in [-0.3, -0.25) is 15.0 Å². The van der Waals surface area contributed by atoms with E-state index >= 15 is 0 Å². The molecule has 1 atom stereocenters. The monoisotopic (exact) mass is 331 g/mol. The molecule has 120 valence electrons. The minimum absolute atomic E-state index is 0.111. The number of nitrogens with one attached hydrogen (secondary N) is 1. The third-order valence-electron chi connectivity index (χ3n) is 3.92. The fraction of sp³-hybridized carbons (Fsp3) is 0.857. The fourth-order valence-electron chi connectivity index (χ4n) is 2.59. The van der Waals surface area contributed by atoms with E-state index in [1.54, 1.807) is 6.92 Å². The van der Waals surface area contributed by atoms with E-state index in [1.165, 1.54) is 18.6 Å². The Morgan fingerprint density at radius 3 is 2.57 bits per heavy atom. The Labute approximate surface area is 134 Å². The SMILES string of the molecule is CC(=O)N1CCN(NC(=O)CCCC[C@@H]2CCSS2)CC1. The van der Waals surface area contributed by atoms with Gasteiger partial charge in [-0.25, -0.2) is 5.01 Å². The first-order valence-corrected chi connectivity index (χ1v) is 10.1. The van der Waals surface area contributed by atoms with Gasteiger partial charge in [-0.15, -0.1) is 0 Å². The lowest BCUT2D eigenvalue weighted by Crippen LogP contribution is -2.54. The predicted octanol–water partition coefficient (Wildman–Crippen LogP) is 1.90. The summed E-state index contributed by atoms with van der Waals surface area (Å²) in [6, 6.07) is 0. The van der Waals surface area contributed by atoms with Crippen LogP contribution < -0.4 is 5.43 Å². The second kappa shape index (κ2) is 8.90. The Kier molecular flexibility index (Phi) is 7.19. The van der Waals surface area contributed by atoms with Crippen LogP contribution in [0.3, 0.4) is 0 Å². The molecular weight excluding hydrogens is 306 g/mol. The van der Waals surface area contributed by atoms with E-state index < -0.39 is 0 Å². The summed E-state index contributed by atoms with van der Waals surface area (Å²) in [4.78, 5) is 24.9. The molecule has 2 heterocycles. The van der Waals surface area contributed by atoms with Crippen LogP contribution in [0.4, 0.5) is 0 Å². The number of hydrazine groups is 1. The van der Waals surface area contributed by atoms with Crippen LogP contribution in [0, 0.1) is 0 Å². The van der Waals surface area contributed by atoms with Crippen molar-refractivity contribution in [3.8, 4) is 0 Å². The molecule has 7 heteroatoms. The molecule has 0 spiro atoms. The second-order valence-corrected chi connectivity index (χ2v) is 8.39. The maximum Gasteiger partial charge on any atom is 0.234 e. The molecule has 2 saturated heterocycles. The van der Waals surface area contributed by atoms with Crippen molar-refractivity contribution in [2.75, 3.05) is 31.9 Å². The van der Waals surface area contributed by atoms with Crippen molar-refractivity contribution >= 4 is 33.4 Å². The molecule has 0 unspecified atom stereocenters. The van der Waals surface area contributed by atoms with E-state index in [0.717, 1.165) is 31.2 Å². The highest BCUT2D eigenvalue weighted by Gasteiger charge is 2.20. The highest BCUT2D eigenvalue weighted by molar-refractivity contribution is 8.77. The van der Waals surface area contributed by atoms with E-state index in [0.29, 0.717) is 19.5 Å². The number of carbonyl (C=O) groups excluding carboxylic acids is 2. The standard InChI is InChI=1S/C14H25N3O2S2/c1-12(18)16-7-9-17(10-8-16)15-14(19)5-3-2-4-13-6-11-20-21-13/h13H,2-11H2,1H3,(H,15,19)/t13-/m1/s1.